The van der Waals surface area contributed by atoms with Gasteiger partial charge in [0, 0.05) is 31.3 Å². The normalized spacial score (nSPS) is 12.0. The summed E-state index contributed by atoms with van der Waals surface area (Å²) in [6.07, 6.45) is 7.88. The van der Waals surface area contributed by atoms with Crippen LogP contribution in [0.15, 0.2) is 40.3 Å². The number of hydrogen-bond acceptors (Lipinski definition) is 4. The minimum absolute atomic E-state index is 0.0342. The predicted octanol–water partition coefficient (Wildman–Crippen LogP) is 5.03. The Morgan fingerprint density at radius 2 is 1.81 bits per heavy atom. The van der Waals surface area contributed by atoms with E-state index in [1.165, 1.54) is 24.6 Å². The summed E-state index contributed by atoms with van der Waals surface area (Å²) in [7, 11) is 1.76. The fourth-order valence-corrected chi connectivity index (χ4v) is 4.64. The van der Waals surface area contributed by atoms with Crippen molar-refractivity contribution in [3.63, 3.8) is 0 Å². The molecule has 2 rings (SSSR count). The molecule has 0 aliphatic carbocycles. The molecule has 1 heterocycles. The van der Waals surface area contributed by atoms with Crippen LogP contribution in [-0.4, -0.2) is 27.3 Å². The number of nitrogens with one attached hydrogen (secondary N) is 1. The second kappa shape index (κ2) is 13.4. The van der Waals surface area contributed by atoms with Gasteiger partial charge in [-0.15, -0.1) is 0 Å². The Morgan fingerprint density at radius 1 is 1.10 bits per heavy atom. The molecule has 0 bridgehead atoms. The third-order valence-corrected chi connectivity index (χ3v) is 6.77. The maximum absolute atomic E-state index is 13.1. The number of aryl methyl sites for hydroxylation is 1. The van der Waals surface area contributed by atoms with Crippen molar-refractivity contribution in [2.24, 2.45) is 7.05 Å². The predicted molar refractivity (Wildman–Crippen MR) is 130 cm³/mol. The third kappa shape index (κ3) is 7.84. The highest BCUT2D eigenvalue weighted by Gasteiger charge is 2.22. The number of thioether (sulfide) groups is 1. The molecule has 0 saturated heterocycles. The zero-order valence-electron chi connectivity index (χ0n) is 19.4. The van der Waals surface area contributed by atoms with E-state index in [2.05, 4.69) is 19.2 Å². The Bertz CT molecular complexity index is 880. The molecule has 0 saturated carbocycles. The van der Waals surface area contributed by atoms with Crippen molar-refractivity contribution >= 4 is 17.7 Å². The van der Waals surface area contributed by atoms with Gasteiger partial charge in [-0.2, -0.15) is 0 Å². The molecule has 1 amide bonds. The highest BCUT2D eigenvalue weighted by atomic mass is 32.2. The lowest BCUT2D eigenvalue weighted by Gasteiger charge is -2.18. The number of rotatable bonds is 13. The summed E-state index contributed by atoms with van der Waals surface area (Å²) in [4.78, 5) is 30.6. The average molecular weight is 444 g/mol. The van der Waals surface area contributed by atoms with E-state index in [0.29, 0.717) is 23.7 Å². The number of unbranched alkanes of at least 4 members (excludes halogenated alkanes) is 4. The number of hydrogen-bond donors (Lipinski definition) is 1. The largest absolute Gasteiger partial charge is 0.355 e. The van der Waals surface area contributed by atoms with Gasteiger partial charge in [0.25, 0.3) is 5.56 Å². The Balaban J connectivity index is 2.14. The summed E-state index contributed by atoms with van der Waals surface area (Å²) < 4.78 is 1.60. The maximum Gasteiger partial charge on any atom is 0.257 e. The first-order valence-electron chi connectivity index (χ1n) is 11.5. The lowest BCUT2D eigenvalue weighted by molar-refractivity contribution is -0.120. The first kappa shape index (κ1) is 25.2. The fraction of sp³-hybridized carbons (Fsp3) is 0.560. The summed E-state index contributed by atoms with van der Waals surface area (Å²) in [6, 6.07) is 9.97. The molecule has 2 aromatic rings. The topological polar surface area (TPSA) is 64.0 Å². The summed E-state index contributed by atoms with van der Waals surface area (Å²) in [5, 5.41) is 3.47. The van der Waals surface area contributed by atoms with Crippen LogP contribution in [0.2, 0.25) is 0 Å². The molecule has 5 nitrogen and oxygen atoms in total. The number of carbonyl (C=O) groups is 1. The Kier molecular flexibility index (Phi) is 10.9. The summed E-state index contributed by atoms with van der Waals surface area (Å²) in [6.45, 7) is 6.91. The van der Waals surface area contributed by atoms with Gasteiger partial charge in [-0.3, -0.25) is 14.2 Å². The van der Waals surface area contributed by atoms with Crippen LogP contribution in [0, 0.1) is 6.92 Å². The molecular formula is C25H37N3O2S. The van der Waals surface area contributed by atoms with Gasteiger partial charge in [-0.05, 0) is 25.3 Å². The van der Waals surface area contributed by atoms with Gasteiger partial charge in [0.2, 0.25) is 5.91 Å². The van der Waals surface area contributed by atoms with Crippen molar-refractivity contribution in [1.82, 2.24) is 14.9 Å². The van der Waals surface area contributed by atoms with E-state index < -0.39 is 0 Å². The van der Waals surface area contributed by atoms with Gasteiger partial charge in [0.15, 0.2) is 5.16 Å². The van der Waals surface area contributed by atoms with Gasteiger partial charge < -0.3 is 5.32 Å². The van der Waals surface area contributed by atoms with Crippen molar-refractivity contribution < 1.29 is 4.79 Å². The lowest BCUT2D eigenvalue weighted by atomic mass is 10.1. The summed E-state index contributed by atoms with van der Waals surface area (Å²) >= 11 is 1.41. The first-order valence-corrected chi connectivity index (χ1v) is 12.4. The second-order valence-electron chi connectivity index (χ2n) is 8.09. The van der Waals surface area contributed by atoms with Crippen LogP contribution in [0.1, 0.15) is 75.6 Å². The molecular weight excluding hydrogens is 406 g/mol. The molecule has 1 aromatic carbocycles. The molecule has 0 aliphatic rings. The number of amides is 1. The molecule has 31 heavy (non-hydrogen) atoms. The SMILES string of the molecule is CCCCCCNC(=O)C(CCCC)Sc1nc(C)c(Cc2ccccc2)c(=O)n1C. The highest BCUT2D eigenvalue weighted by molar-refractivity contribution is 8.00. The van der Waals surface area contributed by atoms with Crippen molar-refractivity contribution in [1.29, 1.82) is 0 Å². The van der Waals surface area contributed by atoms with Crippen LogP contribution in [0.5, 0.6) is 0 Å². The second-order valence-corrected chi connectivity index (χ2v) is 9.26. The summed E-state index contributed by atoms with van der Waals surface area (Å²) in [5.74, 6) is 0.0511. The smallest absolute Gasteiger partial charge is 0.257 e. The van der Waals surface area contributed by atoms with Crippen LogP contribution in [0.25, 0.3) is 0 Å². The zero-order chi connectivity index (χ0) is 22.6. The van der Waals surface area contributed by atoms with E-state index >= 15 is 0 Å². The molecule has 0 spiro atoms. The minimum Gasteiger partial charge on any atom is -0.355 e. The quantitative estimate of drug-likeness (QED) is 0.268. The van der Waals surface area contributed by atoms with Crippen LogP contribution < -0.4 is 10.9 Å². The average Bonchev–Trinajstić information content (AvgIpc) is 2.77. The van der Waals surface area contributed by atoms with Crippen molar-refractivity contribution in [2.45, 2.75) is 82.5 Å². The molecule has 1 unspecified atom stereocenters. The van der Waals surface area contributed by atoms with Crippen molar-refractivity contribution in [2.75, 3.05) is 6.54 Å². The minimum atomic E-state index is -0.233. The van der Waals surface area contributed by atoms with Crippen LogP contribution >= 0.6 is 11.8 Å². The number of nitrogens with zero attached hydrogens (tertiary/aromatic N) is 2. The number of benzene rings is 1. The van der Waals surface area contributed by atoms with Crippen LogP contribution in [0.4, 0.5) is 0 Å². The van der Waals surface area contributed by atoms with E-state index in [9.17, 15) is 9.59 Å². The Labute approximate surface area is 191 Å². The van der Waals surface area contributed by atoms with Crippen LogP contribution in [0.3, 0.4) is 0 Å². The zero-order valence-corrected chi connectivity index (χ0v) is 20.3. The van der Waals surface area contributed by atoms with Crippen LogP contribution in [-0.2, 0) is 18.3 Å². The number of carbonyl (C=O) groups excluding carboxylic acids is 1. The molecule has 0 aliphatic heterocycles. The van der Waals surface area contributed by atoms with E-state index in [1.807, 2.05) is 37.3 Å². The molecule has 1 N–H and O–H groups in total. The first-order chi connectivity index (χ1) is 15.0. The van der Waals surface area contributed by atoms with Gasteiger partial charge in [-0.25, -0.2) is 4.98 Å². The molecule has 0 radical (unpaired) electrons. The molecule has 170 valence electrons. The van der Waals surface area contributed by atoms with Gasteiger partial charge >= 0.3 is 0 Å². The third-order valence-electron chi connectivity index (χ3n) is 5.46. The van der Waals surface area contributed by atoms with Gasteiger partial charge in [0.05, 0.1) is 5.25 Å². The molecule has 1 aromatic heterocycles. The summed E-state index contributed by atoms with van der Waals surface area (Å²) in [5.41, 5.74) is 2.51. The Morgan fingerprint density at radius 3 is 2.48 bits per heavy atom. The molecule has 6 heteroatoms. The maximum atomic E-state index is 13.1. The van der Waals surface area contributed by atoms with Gasteiger partial charge in [0.1, 0.15) is 0 Å². The van der Waals surface area contributed by atoms with E-state index in [4.69, 9.17) is 4.98 Å². The van der Waals surface area contributed by atoms with E-state index in [0.717, 1.165) is 43.4 Å². The van der Waals surface area contributed by atoms with Crippen molar-refractivity contribution in [3.05, 3.63) is 57.5 Å². The fourth-order valence-electron chi connectivity index (χ4n) is 3.48. The monoisotopic (exact) mass is 443 g/mol. The lowest BCUT2D eigenvalue weighted by Crippen LogP contribution is -2.34. The highest BCUT2D eigenvalue weighted by Crippen LogP contribution is 2.25. The van der Waals surface area contributed by atoms with Gasteiger partial charge in [-0.1, -0.05) is 88.0 Å². The van der Waals surface area contributed by atoms with E-state index in [1.54, 1.807) is 11.6 Å². The Hall–Kier alpha value is -2.08. The van der Waals surface area contributed by atoms with E-state index in [-0.39, 0.29) is 16.7 Å². The molecule has 0 fully saturated rings. The molecule has 1 atom stereocenters. The standard InChI is InChI=1S/C25H37N3O2S/c1-5-7-9-13-17-26-23(29)22(16-8-6-2)31-25-27-19(3)21(24(30)28(25)4)18-20-14-11-10-12-15-20/h10-12,14-15,22H,5-9,13,16-18H2,1-4H3,(H,26,29). The van der Waals surface area contributed by atoms with Crippen molar-refractivity contribution in [3.8, 4) is 0 Å². The number of aromatic nitrogens is 2.